The molecule has 4 rings (SSSR count). The molecule has 3 heterocycles. The molecule has 0 aliphatic carbocycles. The van der Waals surface area contributed by atoms with Gasteiger partial charge in [0.1, 0.15) is 0 Å². The number of carbonyl (C=O) groups is 1. The zero-order valence-corrected chi connectivity index (χ0v) is 15.4. The molecule has 0 unspecified atom stereocenters. The fraction of sp³-hybridized carbons (Fsp3) is 0.444. The van der Waals surface area contributed by atoms with E-state index in [-0.39, 0.29) is 18.2 Å². The minimum absolute atomic E-state index is 0.159. The minimum Gasteiger partial charge on any atom is -0.351 e. The number of sulfonamides is 1. The minimum atomic E-state index is -3.53. The molecule has 2 aliphatic heterocycles. The number of aryl methyl sites for hydroxylation is 1. The second-order valence-electron chi connectivity index (χ2n) is 6.84. The van der Waals surface area contributed by atoms with Gasteiger partial charge in [0, 0.05) is 25.7 Å². The molecule has 1 amide bonds. The van der Waals surface area contributed by atoms with Crippen molar-refractivity contribution >= 4 is 21.6 Å². The Morgan fingerprint density at radius 1 is 1.27 bits per heavy atom. The van der Waals surface area contributed by atoms with Gasteiger partial charge in [-0.3, -0.25) is 9.10 Å². The number of carbonyl (C=O) groups excluding carboxylic acids is 1. The van der Waals surface area contributed by atoms with Crippen molar-refractivity contribution in [3.05, 3.63) is 47.3 Å². The van der Waals surface area contributed by atoms with Gasteiger partial charge >= 0.3 is 0 Å². The van der Waals surface area contributed by atoms with E-state index in [0.717, 1.165) is 17.7 Å². The third-order valence-corrected chi connectivity index (χ3v) is 7.30. The van der Waals surface area contributed by atoms with Gasteiger partial charge in [-0.25, -0.2) is 8.42 Å². The largest absolute Gasteiger partial charge is 0.351 e. The van der Waals surface area contributed by atoms with Gasteiger partial charge in [0.2, 0.25) is 15.8 Å². The van der Waals surface area contributed by atoms with E-state index >= 15 is 0 Å². The number of amides is 1. The van der Waals surface area contributed by atoms with E-state index in [9.17, 15) is 13.2 Å². The van der Waals surface area contributed by atoms with Crippen molar-refractivity contribution < 1.29 is 17.7 Å². The summed E-state index contributed by atoms with van der Waals surface area (Å²) in [7, 11) is -3.53. The molecule has 2 aliphatic rings. The molecule has 0 bridgehead atoms. The predicted octanol–water partition coefficient (Wildman–Crippen LogP) is 1.98. The monoisotopic (exact) mass is 375 g/mol. The average molecular weight is 375 g/mol. The van der Waals surface area contributed by atoms with Crippen molar-refractivity contribution in [3.8, 4) is 0 Å². The molecule has 7 nitrogen and oxygen atoms in total. The molecule has 0 N–H and O–H groups in total. The second-order valence-corrected chi connectivity index (χ2v) is 8.98. The third-order valence-electron chi connectivity index (χ3n) is 5.08. The van der Waals surface area contributed by atoms with E-state index in [1.807, 2.05) is 24.3 Å². The fourth-order valence-corrected chi connectivity index (χ4v) is 5.73. The highest BCUT2D eigenvalue weighted by molar-refractivity contribution is 7.93. The number of likely N-dealkylation sites (tertiary alicyclic amines) is 1. The molecule has 1 aromatic carbocycles. The average Bonchev–Trinajstić information content (AvgIpc) is 3.28. The highest BCUT2D eigenvalue weighted by atomic mass is 32.2. The first-order chi connectivity index (χ1) is 12.5. The number of para-hydroxylation sites is 1. The van der Waals surface area contributed by atoms with E-state index < -0.39 is 15.3 Å². The van der Waals surface area contributed by atoms with E-state index in [0.29, 0.717) is 31.6 Å². The topological polar surface area (TPSA) is 83.7 Å². The van der Waals surface area contributed by atoms with Gasteiger partial charge in [-0.1, -0.05) is 23.4 Å². The number of hydrogen-bond donors (Lipinski definition) is 0. The van der Waals surface area contributed by atoms with Crippen LogP contribution >= 0.6 is 0 Å². The fourth-order valence-electron chi connectivity index (χ4n) is 3.74. The number of nitrogens with zero attached hydrogens (tertiary/aromatic N) is 3. The molecule has 0 saturated carbocycles. The number of aromatic nitrogens is 1. The third kappa shape index (κ3) is 2.88. The molecule has 2 aromatic rings. The van der Waals surface area contributed by atoms with Crippen molar-refractivity contribution in [2.24, 2.45) is 0 Å². The van der Waals surface area contributed by atoms with Crippen LogP contribution in [0.1, 0.15) is 34.7 Å². The SMILES string of the molecule is Cc1cc(C(=O)N2CCC[C@@H](S(=O)(=O)N3CCc4ccccc43)C2)on1. The first-order valence-corrected chi connectivity index (χ1v) is 10.3. The summed E-state index contributed by atoms with van der Waals surface area (Å²) < 4.78 is 33.0. The summed E-state index contributed by atoms with van der Waals surface area (Å²) >= 11 is 0. The number of rotatable bonds is 3. The van der Waals surface area contributed by atoms with Gasteiger partial charge < -0.3 is 9.42 Å². The Labute approximate surface area is 152 Å². The van der Waals surface area contributed by atoms with E-state index in [1.165, 1.54) is 4.31 Å². The van der Waals surface area contributed by atoms with Gasteiger partial charge in [0.25, 0.3) is 5.91 Å². The summed E-state index contributed by atoms with van der Waals surface area (Å²) in [4.78, 5) is 14.2. The number of fused-ring (bicyclic) bond motifs is 1. The Morgan fingerprint density at radius 3 is 2.85 bits per heavy atom. The summed E-state index contributed by atoms with van der Waals surface area (Å²) in [6, 6.07) is 9.18. The molecule has 8 heteroatoms. The zero-order chi connectivity index (χ0) is 18.3. The molecule has 1 saturated heterocycles. The first-order valence-electron chi connectivity index (χ1n) is 8.79. The lowest BCUT2D eigenvalue weighted by Crippen LogP contribution is -2.49. The molecule has 1 atom stereocenters. The van der Waals surface area contributed by atoms with Gasteiger partial charge in [-0.2, -0.15) is 0 Å². The molecule has 26 heavy (non-hydrogen) atoms. The maximum atomic E-state index is 13.2. The number of benzene rings is 1. The maximum Gasteiger partial charge on any atom is 0.292 e. The molecule has 1 aromatic heterocycles. The lowest BCUT2D eigenvalue weighted by molar-refractivity contribution is 0.0684. The Hall–Kier alpha value is -2.35. The van der Waals surface area contributed by atoms with Gasteiger partial charge in [-0.15, -0.1) is 0 Å². The number of piperidine rings is 1. The van der Waals surface area contributed by atoms with Crippen LogP contribution in [0.3, 0.4) is 0 Å². The Balaban J connectivity index is 1.55. The van der Waals surface area contributed by atoms with Crippen LogP contribution in [-0.2, 0) is 16.4 Å². The smallest absolute Gasteiger partial charge is 0.292 e. The van der Waals surface area contributed by atoms with Crippen molar-refractivity contribution in [1.82, 2.24) is 10.1 Å². The van der Waals surface area contributed by atoms with Crippen molar-refractivity contribution in [2.45, 2.75) is 31.4 Å². The zero-order valence-electron chi connectivity index (χ0n) is 14.6. The van der Waals surface area contributed by atoms with Gasteiger partial charge in [-0.05, 0) is 37.8 Å². The molecular weight excluding hydrogens is 354 g/mol. The van der Waals surface area contributed by atoms with Gasteiger partial charge in [0.05, 0.1) is 16.6 Å². The van der Waals surface area contributed by atoms with E-state index in [1.54, 1.807) is 17.9 Å². The van der Waals surface area contributed by atoms with Crippen molar-refractivity contribution in [3.63, 3.8) is 0 Å². The van der Waals surface area contributed by atoms with Crippen molar-refractivity contribution in [2.75, 3.05) is 23.9 Å². The summed E-state index contributed by atoms with van der Waals surface area (Å²) in [6.07, 6.45) is 1.93. The van der Waals surface area contributed by atoms with E-state index in [2.05, 4.69) is 5.16 Å². The highest BCUT2D eigenvalue weighted by Gasteiger charge is 2.39. The van der Waals surface area contributed by atoms with Crippen LogP contribution in [-0.4, -0.2) is 49.3 Å². The normalized spacial score (nSPS) is 20.3. The molecular formula is C18H21N3O4S. The molecule has 138 valence electrons. The maximum absolute atomic E-state index is 13.2. The summed E-state index contributed by atoms with van der Waals surface area (Å²) in [6.45, 7) is 2.92. The lowest BCUT2D eigenvalue weighted by atomic mass is 10.1. The van der Waals surface area contributed by atoms with Crippen LogP contribution in [0, 0.1) is 6.92 Å². The number of hydrogen-bond acceptors (Lipinski definition) is 5. The Bertz CT molecular complexity index is 937. The number of anilines is 1. The Kier molecular flexibility index (Phi) is 4.22. The van der Waals surface area contributed by atoms with Crippen LogP contribution in [0.5, 0.6) is 0 Å². The van der Waals surface area contributed by atoms with Crippen LogP contribution in [0.15, 0.2) is 34.9 Å². The quantitative estimate of drug-likeness (QED) is 0.819. The molecule has 0 radical (unpaired) electrons. The predicted molar refractivity (Wildman–Crippen MR) is 96.6 cm³/mol. The van der Waals surface area contributed by atoms with Crippen LogP contribution < -0.4 is 4.31 Å². The van der Waals surface area contributed by atoms with Crippen LogP contribution in [0.4, 0.5) is 5.69 Å². The highest BCUT2D eigenvalue weighted by Crippen LogP contribution is 2.33. The van der Waals surface area contributed by atoms with Gasteiger partial charge in [0.15, 0.2) is 0 Å². The summed E-state index contributed by atoms with van der Waals surface area (Å²) in [5.41, 5.74) is 2.45. The van der Waals surface area contributed by atoms with E-state index in [4.69, 9.17) is 4.52 Å². The standard InChI is InChI=1S/C18H21N3O4S/c1-13-11-17(25-19-13)18(22)20-9-4-6-15(12-20)26(23,24)21-10-8-14-5-2-3-7-16(14)21/h2-3,5,7,11,15H,4,6,8-10,12H2,1H3/t15-/m1/s1. The van der Waals surface area contributed by atoms with Crippen LogP contribution in [0.2, 0.25) is 0 Å². The molecule has 0 spiro atoms. The second kappa shape index (κ2) is 6.42. The Morgan fingerprint density at radius 2 is 2.08 bits per heavy atom. The van der Waals surface area contributed by atoms with Crippen LogP contribution in [0.25, 0.3) is 0 Å². The summed E-state index contributed by atoms with van der Waals surface area (Å²) in [5.74, 6) is -0.139. The first kappa shape index (κ1) is 17.1. The molecule has 1 fully saturated rings. The summed E-state index contributed by atoms with van der Waals surface area (Å²) in [5, 5.41) is 3.14. The lowest BCUT2D eigenvalue weighted by Gasteiger charge is -2.34. The van der Waals surface area contributed by atoms with Crippen molar-refractivity contribution in [1.29, 1.82) is 0 Å².